The molecule has 0 aliphatic carbocycles. The van der Waals surface area contributed by atoms with E-state index in [1.54, 1.807) is 0 Å². The third-order valence-corrected chi connectivity index (χ3v) is 1.50. The van der Waals surface area contributed by atoms with E-state index in [2.05, 4.69) is 0 Å². The van der Waals surface area contributed by atoms with Gasteiger partial charge in [-0.15, -0.1) is 0 Å². The molecule has 0 aromatic heterocycles. The minimum absolute atomic E-state index is 0.0551. The van der Waals surface area contributed by atoms with Gasteiger partial charge >= 0.3 is 0 Å². The molecule has 0 amide bonds. The smallest absolute Gasteiger partial charge is 0.199 e. The van der Waals surface area contributed by atoms with E-state index in [4.69, 9.17) is 9.84 Å². The molecule has 0 saturated carbocycles. The van der Waals surface area contributed by atoms with Gasteiger partial charge in [0.1, 0.15) is 0 Å². The third-order valence-electron chi connectivity index (χ3n) is 1.50. The molecule has 0 aromatic carbocycles. The summed E-state index contributed by atoms with van der Waals surface area (Å²) < 4.78 is 17.0. The molecule has 2 atom stereocenters. The summed E-state index contributed by atoms with van der Waals surface area (Å²) in [5.74, 6) is 0. The summed E-state index contributed by atoms with van der Waals surface area (Å²) in [5.41, 5.74) is 0. The van der Waals surface area contributed by atoms with Crippen molar-refractivity contribution in [3.8, 4) is 0 Å². The van der Waals surface area contributed by atoms with E-state index in [9.17, 15) is 4.39 Å². The minimum atomic E-state index is -1.14. The van der Waals surface area contributed by atoms with Crippen LogP contribution in [0, 0.1) is 0 Å². The molecule has 1 saturated heterocycles. The van der Waals surface area contributed by atoms with Gasteiger partial charge in [-0.2, -0.15) is 0 Å². The zero-order chi connectivity index (χ0) is 6.69. The average Bonchev–Trinajstić information content (AvgIpc) is 1.88. The lowest BCUT2D eigenvalue weighted by Gasteiger charge is -2.23. The number of alkyl halides is 1. The highest BCUT2D eigenvalue weighted by atomic mass is 19.1. The topological polar surface area (TPSA) is 29.5 Å². The van der Waals surface area contributed by atoms with Gasteiger partial charge in [-0.3, -0.25) is 0 Å². The lowest BCUT2D eigenvalue weighted by molar-refractivity contribution is -0.130. The molecule has 1 heterocycles. The van der Waals surface area contributed by atoms with Crippen LogP contribution >= 0.6 is 0 Å². The van der Waals surface area contributed by atoms with Gasteiger partial charge in [0.15, 0.2) is 6.36 Å². The van der Waals surface area contributed by atoms with E-state index in [-0.39, 0.29) is 12.7 Å². The van der Waals surface area contributed by atoms with Crippen molar-refractivity contribution >= 4 is 0 Å². The number of hydrogen-bond donors (Lipinski definition) is 1. The Kier molecular flexibility index (Phi) is 2.42. The number of rotatable bonds is 1. The van der Waals surface area contributed by atoms with Gasteiger partial charge in [0, 0.05) is 6.42 Å². The van der Waals surface area contributed by atoms with E-state index in [1.165, 1.54) is 0 Å². The van der Waals surface area contributed by atoms with Gasteiger partial charge in [0.25, 0.3) is 0 Å². The Morgan fingerprint density at radius 1 is 1.56 bits per heavy atom. The molecule has 1 N–H and O–H groups in total. The monoisotopic (exact) mass is 134 g/mol. The molecule has 0 spiro atoms. The predicted octanol–water partition coefficient (Wildman–Crippen LogP) is 0.843. The van der Waals surface area contributed by atoms with Crippen LogP contribution in [0.25, 0.3) is 0 Å². The first kappa shape index (κ1) is 6.96. The summed E-state index contributed by atoms with van der Waals surface area (Å²) in [6.07, 6.45) is 0.699. The van der Waals surface area contributed by atoms with Gasteiger partial charge in [-0.1, -0.05) is 0 Å². The second kappa shape index (κ2) is 3.13. The van der Waals surface area contributed by atoms with Crippen LogP contribution in [0.2, 0.25) is 0 Å². The lowest BCUT2D eigenvalue weighted by atomic mass is 10.1. The van der Waals surface area contributed by atoms with Gasteiger partial charge in [0.05, 0.1) is 12.7 Å². The van der Waals surface area contributed by atoms with Crippen molar-refractivity contribution < 1.29 is 14.2 Å². The molecule has 0 bridgehead atoms. The fourth-order valence-corrected chi connectivity index (χ4v) is 0.985. The molecule has 1 rings (SSSR count). The van der Waals surface area contributed by atoms with Crippen molar-refractivity contribution in [1.29, 1.82) is 0 Å². The number of ether oxygens (including phenoxy) is 1. The molecular weight excluding hydrogens is 123 g/mol. The zero-order valence-electron chi connectivity index (χ0n) is 5.22. The first-order valence-electron chi connectivity index (χ1n) is 3.23. The van der Waals surface area contributed by atoms with E-state index in [0.29, 0.717) is 6.42 Å². The fourth-order valence-electron chi connectivity index (χ4n) is 0.985. The highest BCUT2D eigenvalue weighted by Crippen LogP contribution is 2.18. The van der Waals surface area contributed by atoms with Crippen LogP contribution in [0.15, 0.2) is 0 Å². The van der Waals surface area contributed by atoms with Crippen molar-refractivity contribution in [3.63, 3.8) is 0 Å². The molecular formula is C6H11FO2. The maximum atomic E-state index is 12.3. The van der Waals surface area contributed by atoms with E-state index in [0.717, 1.165) is 12.8 Å². The Morgan fingerprint density at radius 2 is 2.33 bits per heavy atom. The van der Waals surface area contributed by atoms with Crippen molar-refractivity contribution in [2.45, 2.75) is 31.7 Å². The summed E-state index contributed by atoms with van der Waals surface area (Å²) in [6.45, 7) is -0.0551. The number of aliphatic hydroxyl groups excluding tert-OH is 1. The maximum absolute atomic E-state index is 12.3. The Bertz CT molecular complexity index is 87.1. The molecule has 9 heavy (non-hydrogen) atoms. The third kappa shape index (κ3) is 1.91. The highest BCUT2D eigenvalue weighted by molar-refractivity contribution is 4.63. The lowest BCUT2D eigenvalue weighted by Crippen LogP contribution is -2.27. The standard InChI is InChI=1S/C6H11FO2/c7-6-3-1-2-5(4-8)9-6/h5-6,8H,1-4H2/t5-,6+/m0/s1. The Labute approximate surface area is 53.6 Å². The summed E-state index contributed by atoms with van der Waals surface area (Å²) >= 11 is 0. The molecule has 54 valence electrons. The molecule has 0 radical (unpaired) electrons. The maximum Gasteiger partial charge on any atom is 0.199 e. The second-order valence-electron chi connectivity index (χ2n) is 2.28. The Hall–Kier alpha value is -0.150. The summed E-state index contributed by atoms with van der Waals surface area (Å²) in [7, 11) is 0. The van der Waals surface area contributed by atoms with E-state index in [1.807, 2.05) is 0 Å². The van der Waals surface area contributed by atoms with Gasteiger partial charge < -0.3 is 9.84 Å². The fraction of sp³-hybridized carbons (Fsp3) is 1.00. The predicted molar refractivity (Wildman–Crippen MR) is 30.7 cm³/mol. The molecule has 1 aliphatic rings. The van der Waals surface area contributed by atoms with Crippen LogP contribution in [0.1, 0.15) is 19.3 Å². The first-order valence-corrected chi connectivity index (χ1v) is 3.23. The summed E-state index contributed by atoms with van der Waals surface area (Å²) in [6, 6.07) is 0. The van der Waals surface area contributed by atoms with E-state index >= 15 is 0 Å². The largest absolute Gasteiger partial charge is 0.394 e. The Morgan fingerprint density at radius 3 is 2.78 bits per heavy atom. The second-order valence-corrected chi connectivity index (χ2v) is 2.28. The SMILES string of the molecule is OC[C@@H]1CCC[C@H](F)O1. The normalized spacial score (nSPS) is 36.7. The molecule has 0 unspecified atom stereocenters. The molecule has 0 aromatic rings. The first-order chi connectivity index (χ1) is 4.33. The number of hydrogen-bond acceptors (Lipinski definition) is 2. The molecule has 3 heteroatoms. The van der Waals surface area contributed by atoms with Crippen LogP contribution in [0.5, 0.6) is 0 Å². The van der Waals surface area contributed by atoms with Crippen LogP contribution in [-0.4, -0.2) is 24.2 Å². The van der Waals surface area contributed by atoms with Crippen molar-refractivity contribution in [1.82, 2.24) is 0 Å². The molecule has 1 fully saturated rings. The molecule has 1 aliphatic heterocycles. The minimum Gasteiger partial charge on any atom is -0.394 e. The quantitative estimate of drug-likeness (QED) is 0.576. The summed E-state index contributed by atoms with van der Waals surface area (Å²) in [4.78, 5) is 0. The van der Waals surface area contributed by atoms with Gasteiger partial charge in [-0.25, -0.2) is 4.39 Å². The van der Waals surface area contributed by atoms with Crippen LogP contribution < -0.4 is 0 Å². The van der Waals surface area contributed by atoms with Crippen molar-refractivity contribution in [2.24, 2.45) is 0 Å². The van der Waals surface area contributed by atoms with Crippen molar-refractivity contribution in [3.05, 3.63) is 0 Å². The van der Waals surface area contributed by atoms with E-state index < -0.39 is 6.36 Å². The van der Waals surface area contributed by atoms with Gasteiger partial charge in [-0.05, 0) is 12.8 Å². The van der Waals surface area contributed by atoms with Crippen molar-refractivity contribution in [2.75, 3.05) is 6.61 Å². The highest BCUT2D eigenvalue weighted by Gasteiger charge is 2.20. The van der Waals surface area contributed by atoms with Crippen LogP contribution in [0.4, 0.5) is 4.39 Å². The Balaban J connectivity index is 2.23. The van der Waals surface area contributed by atoms with Crippen LogP contribution in [0.3, 0.4) is 0 Å². The number of halogens is 1. The van der Waals surface area contributed by atoms with Crippen LogP contribution in [-0.2, 0) is 4.74 Å². The summed E-state index contributed by atoms with van der Waals surface area (Å²) in [5, 5.41) is 8.52. The number of aliphatic hydroxyl groups is 1. The van der Waals surface area contributed by atoms with Gasteiger partial charge in [0.2, 0.25) is 0 Å². The zero-order valence-corrected chi connectivity index (χ0v) is 5.22. The molecule has 2 nitrogen and oxygen atoms in total. The average molecular weight is 134 g/mol.